The highest BCUT2D eigenvalue weighted by atomic mass is 16.4. The van der Waals surface area contributed by atoms with E-state index in [9.17, 15) is 4.79 Å². The first-order valence-corrected chi connectivity index (χ1v) is 7.38. The molecule has 2 aromatic rings. The summed E-state index contributed by atoms with van der Waals surface area (Å²) >= 11 is 0. The van der Waals surface area contributed by atoms with Crippen LogP contribution in [-0.4, -0.2) is 34.1 Å². The number of hydrogen-bond donors (Lipinski definition) is 0. The highest BCUT2D eigenvalue weighted by Gasteiger charge is 2.22. The molecule has 5 heteroatoms. The molecule has 0 unspecified atom stereocenters. The van der Waals surface area contributed by atoms with Crippen LogP contribution in [0.5, 0.6) is 0 Å². The molecule has 1 aliphatic heterocycles. The number of likely N-dealkylation sites (tertiary alicyclic amines) is 1. The van der Waals surface area contributed by atoms with Crippen molar-refractivity contribution in [3.05, 3.63) is 36.2 Å². The van der Waals surface area contributed by atoms with Crippen LogP contribution in [-0.2, 0) is 11.2 Å². The van der Waals surface area contributed by atoms with Crippen LogP contribution in [0.3, 0.4) is 0 Å². The van der Waals surface area contributed by atoms with Crippen molar-refractivity contribution >= 4 is 5.91 Å². The van der Waals surface area contributed by atoms with Gasteiger partial charge in [-0.1, -0.05) is 25.1 Å². The zero-order valence-electron chi connectivity index (χ0n) is 12.2. The van der Waals surface area contributed by atoms with Crippen LogP contribution in [0.25, 0.3) is 11.5 Å². The van der Waals surface area contributed by atoms with Crippen LogP contribution < -0.4 is 0 Å². The molecule has 0 atom stereocenters. The maximum absolute atomic E-state index is 12.2. The summed E-state index contributed by atoms with van der Waals surface area (Å²) in [7, 11) is 0. The van der Waals surface area contributed by atoms with Crippen molar-refractivity contribution in [2.24, 2.45) is 5.92 Å². The molecule has 1 aromatic carbocycles. The minimum absolute atomic E-state index is 0.0742. The minimum Gasteiger partial charge on any atom is -0.420 e. The molecule has 1 aliphatic rings. The molecule has 1 amide bonds. The van der Waals surface area contributed by atoms with Crippen LogP contribution in [0.15, 0.2) is 34.7 Å². The van der Waals surface area contributed by atoms with Crippen LogP contribution in [0.4, 0.5) is 0 Å². The molecule has 110 valence electrons. The summed E-state index contributed by atoms with van der Waals surface area (Å²) in [6, 6.07) is 9.58. The van der Waals surface area contributed by atoms with Gasteiger partial charge in [0.05, 0.1) is 0 Å². The summed E-state index contributed by atoms with van der Waals surface area (Å²) in [5, 5.41) is 7.99. The molecule has 2 heterocycles. The SMILES string of the molecule is CC1CCN(C(=O)Cc2nnc(-c3ccccc3)o2)CC1. The Morgan fingerprint density at radius 1 is 1.24 bits per heavy atom. The molecule has 0 saturated carbocycles. The van der Waals surface area contributed by atoms with Crippen LogP contribution in [0, 0.1) is 5.92 Å². The van der Waals surface area contributed by atoms with Gasteiger partial charge >= 0.3 is 0 Å². The molecule has 0 aliphatic carbocycles. The van der Waals surface area contributed by atoms with Crippen molar-refractivity contribution < 1.29 is 9.21 Å². The fraction of sp³-hybridized carbons (Fsp3) is 0.438. The Labute approximate surface area is 124 Å². The first-order valence-electron chi connectivity index (χ1n) is 7.38. The number of nitrogens with zero attached hydrogens (tertiary/aromatic N) is 3. The van der Waals surface area contributed by atoms with Gasteiger partial charge in [0.15, 0.2) is 0 Å². The second kappa shape index (κ2) is 6.08. The molecule has 5 nitrogen and oxygen atoms in total. The number of benzene rings is 1. The predicted molar refractivity (Wildman–Crippen MR) is 78.4 cm³/mol. The monoisotopic (exact) mass is 285 g/mol. The number of carbonyl (C=O) groups is 1. The van der Waals surface area contributed by atoms with Gasteiger partial charge in [0.2, 0.25) is 17.7 Å². The van der Waals surface area contributed by atoms with Crippen molar-refractivity contribution in [3.63, 3.8) is 0 Å². The smallest absolute Gasteiger partial charge is 0.247 e. The van der Waals surface area contributed by atoms with Gasteiger partial charge in [-0.2, -0.15) is 0 Å². The zero-order chi connectivity index (χ0) is 14.7. The van der Waals surface area contributed by atoms with Gasteiger partial charge < -0.3 is 9.32 Å². The van der Waals surface area contributed by atoms with E-state index in [1.807, 2.05) is 35.2 Å². The maximum atomic E-state index is 12.2. The Balaban J connectivity index is 1.63. The average molecular weight is 285 g/mol. The van der Waals surface area contributed by atoms with Crippen LogP contribution in [0.2, 0.25) is 0 Å². The van der Waals surface area contributed by atoms with E-state index < -0.39 is 0 Å². The van der Waals surface area contributed by atoms with Crippen molar-refractivity contribution in [2.75, 3.05) is 13.1 Å². The van der Waals surface area contributed by atoms with Gasteiger partial charge in [0, 0.05) is 18.7 Å². The molecule has 1 saturated heterocycles. The number of rotatable bonds is 3. The first-order chi connectivity index (χ1) is 10.2. The number of amides is 1. The van der Waals surface area contributed by atoms with E-state index in [0.717, 1.165) is 31.5 Å². The second-order valence-corrected chi connectivity index (χ2v) is 5.61. The van der Waals surface area contributed by atoms with E-state index in [0.29, 0.717) is 17.7 Å². The van der Waals surface area contributed by atoms with E-state index in [4.69, 9.17) is 4.42 Å². The minimum atomic E-state index is 0.0742. The number of hydrogen-bond acceptors (Lipinski definition) is 4. The lowest BCUT2D eigenvalue weighted by Crippen LogP contribution is -2.38. The van der Waals surface area contributed by atoms with E-state index in [2.05, 4.69) is 17.1 Å². The topological polar surface area (TPSA) is 59.2 Å². The quantitative estimate of drug-likeness (QED) is 0.869. The van der Waals surface area contributed by atoms with Crippen LogP contribution in [0.1, 0.15) is 25.7 Å². The Morgan fingerprint density at radius 3 is 2.67 bits per heavy atom. The first kappa shape index (κ1) is 13.8. The van der Waals surface area contributed by atoms with Gasteiger partial charge in [-0.25, -0.2) is 0 Å². The standard InChI is InChI=1S/C16H19N3O2/c1-12-7-9-19(10-8-12)15(20)11-14-17-18-16(21-14)13-5-3-2-4-6-13/h2-6,12H,7-11H2,1H3. The van der Waals surface area contributed by atoms with E-state index in [-0.39, 0.29) is 12.3 Å². The molecular weight excluding hydrogens is 266 g/mol. The molecule has 0 spiro atoms. The summed E-state index contributed by atoms with van der Waals surface area (Å²) in [5.74, 6) is 1.63. The molecular formula is C16H19N3O2. The molecule has 0 N–H and O–H groups in total. The Morgan fingerprint density at radius 2 is 1.95 bits per heavy atom. The van der Waals surface area contributed by atoms with Gasteiger partial charge in [-0.05, 0) is 30.9 Å². The van der Waals surface area contributed by atoms with E-state index >= 15 is 0 Å². The predicted octanol–water partition coefficient (Wildman–Crippen LogP) is 2.54. The summed E-state index contributed by atoms with van der Waals surface area (Å²) < 4.78 is 5.58. The number of aromatic nitrogens is 2. The summed E-state index contributed by atoms with van der Waals surface area (Å²) in [6.45, 7) is 3.89. The Bertz CT molecular complexity index is 601. The lowest BCUT2D eigenvalue weighted by molar-refractivity contribution is -0.132. The highest BCUT2D eigenvalue weighted by molar-refractivity contribution is 5.78. The van der Waals surface area contributed by atoms with Gasteiger partial charge in [-0.15, -0.1) is 10.2 Å². The number of carbonyl (C=O) groups excluding carboxylic acids is 1. The fourth-order valence-electron chi connectivity index (χ4n) is 2.52. The van der Waals surface area contributed by atoms with Gasteiger partial charge in [0.1, 0.15) is 6.42 Å². The summed E-state index contributed by atoms with van der Waals surface area (Å²) in [5.41, 5.74) is 0.871. The Hall–Kier alpha value is -2.17. The van der Waals surface area contributed by atoms with Crippen molar-refractivity contribution in [1.82, 2.24) is 15.1 Å². The lowest BCUT2D eigenvalue weighted by atomic mass is 9.99. The third kappa shape index (κ3) is 3.29. The van der Waals surface area contributed by atoms with Crippen molar-refractivity contribution in [1.29, 1.82) is 0 Å². The molecule has 1 aromatic heterocycles. The Kier molecular flexibility index (Phi) is 3.99. The molecule has 0 radical (unpaired) electrons. The third-order valence-corrected chi connectivity index (χ3v) is 3.93. The zero-order valence-corrected chi connectivity index (χ0v) is 12.2. The normalized spacial score (nSPS) is 16.1. The van der Waals surface area contributed by atoms with Gasteiger partial charge in [0.25, 0.3) is 0 Å². The van der Waals surface area contributed by atoms with E-state index in [1.165, 1.54) is 0 Å². The highest BCUT2D eigenvalue weighted by Crippen LogP contribution is 2.19. The van der Waals surface area contributed by atoms with Crippen LogP contribution >= 0.6 is 0 Å². The largest absolute Gasteiger partial charge is 0.420 e. The third-order valence-electron chi connectivity index (χ3n) is 3.93. The molecule has 0 bridgehead atoms. The molecule has 3 rings (SSSR count). The second-order valence-electron chi connectivity index (χ2n) is 5.61. The molecule has 1 fully saturated rings. The van der Waals surface area contributed by atoms with E-state index in [1.54, 1.807) is 0 Å². The maximum Gasteiger partial charge on any atom is 0.247 e. The lowest BCUT2D eigenvalue weighted by Gasteiger charge is -2.29. The fourth-order valence-corrected chi connectivity index (χ4v) is 2.52. The number of piperidine rings is 1. The summed E-state index contributed by atoms with van der Waals surface area (Å²) in [4.78, 5) is 14.1. The van der Waals surface area contributed by atoms with Gasteiger partial charge in [-0.3, -0.25) is 4.79 Å². The molecule has 21 heavy (non-hydrogen) atoms. The van der Waals surface area contributed by atoms with Crippen molar-refractivity contribution in [3.8, 4) is 11.5 Å². The summed E-state index contributed by atoms with van der Waals surface area (Å²) in [6.07, 6.45) is 2.34. The average Bonchev–Trinajstić information content (AvgIpc) is 2.97. The van der Waals surface area contributed by atoms with Crippen molar-refractivity contribution in [2.45, 2.75) is 26.2 Å².